The van der Waals surface area contributed by atoms with Crippen LogP contribution in [0.1, 0.15) is 113 Å². The standard InChI is InChI=1S/C33H64O4SSi2/c1-13-14-18-26(2)25-27(36-39(9,10)32(3,4)5)20-21-28-29(37-40(11,12)33(6,7)8)22-23-30(28)38-24-17-15-16-19-31(34)35/h20-21,23,26-29H,13-19,22,24-25H2,1-12H3,(H,34,35)/t26-,27-,28+,29-/m1/s1. The van der Waals surface area contributed by atoms with E-state index in [-0.39, 0.29) is 34.6 Å². The maximum absolute atomic E-state index is 10.9. The summed E-state index contributed by atoms with van der Waals surface area (Å²) < 4.78 is 14.1. The summed E-state index contributed by atoms with van der Waals surface area (Å²) in [6.07, 6.45) is 16.4. The highest BCUT2D eigenvalue weighted by atomic mass is 32.2. The van der Waals surface area contributed by atoms with Gasteiger partial charge in [0.15, 0.2) is 16.6 Å². The van der Waals surface area contributed by atoms with Crippen molar-refractivity contribution in [2.75, 3.05) is 5.75 Å². The molecule has 0 amide bonds. The molecule has 1 N–H and O–H groups in total. The number of carboxylic acid groups (broad SMARTS) is 1. The first-order chi connectivity index (χ1) is 18.3. The monoisotopic (exact) mass is 612 g/mol. The number of thioether (sulfide) groups is 1. The number of carbonyl (C=O) groups is 1. The van der Waals surface area contributed by atoms with Crippen LogP contribution in [0, 0.1) is 11.8 Å². The molecule has 1 rings (SSSR count). The van der Waals surface area contributed by atoms with E-state index in [1.165, 1.54) is 24.2 Å². The molecular formula is C33H64O4SSi2. The fourth-order valence-corrected chi connectivity index (χ4v) is 8.39. The van der Waals surface area contributed by atoms with E-state index >= 15 is 0 Å². The van der Waals surface area contributed by atoms with Gasteiger partial charge in [-0.05, 0) is 78.5 Å². The van der Waals surface area contributed by atoms with Gasteiger partial charge in [-0.1, -0.05) is 99.3 Å². The second-order valence-corrected chi connectivity index (χ2v) is 25.8. The highest BCUT2D eigenvalue weighted by Gasteiger charge is 2.42. The zero-order valence-electron chi connectivity index (χ0n) is 28.2. The van der Waals surface area contributed by atoms with Gasteiger partial charge in [-0.25, -0.2) is 0 Å². The van der Waals surface area contributed by atoms with E-state index < -0.39 is 22.6 Å². The fourth-order valence-electron chi connectivity index (χ4n) is 4.53. The maximum atomic E-state index is 10.9. The highest BCUT2D eigenvalue weighted by molar-refractivity contribution is 8.03. The largest absolute Gasteiger partial charge is 0.481 e. The number of aliphatic carboxylic acids is 1. The van der Waals surface area contributed by atoms with Crippen LogP contribution in [0.4, 0.5) is 0 Å². The first-order valence-corrected chi connectivity index (χ1v) is 22.7. The van der Waals surface area contributed by atoms with Crippen molar-refractivity contribution >= 4 is 34.4 Å². The van der Waals surface area contributed by atoms with Crippen molar-refractivity contribution in [2.45, 2.75) is 162 Å². The molecule has 1 aliphatic carbocycles. The van der Waals surface area contributed by atoms with E-state index in [2.05, 4.69) is 99.8 Å². The number of carboxylic acids is 1. The van der Waals surface area contributed by atoms with E-state index in [1.54, 1.807) is 0 Å². The van der Waals surface area contributed by atoms with Gasteiger partial charge in [0.05, 0.1) is 12.2 Å². The molecule has 234 valence electrons. The minimum Gasteiger partial charge on any atom is -0.481 e. The fraction of sp³-hybridized carbons (Fsp3) is 0.848. The van der Waals surface area contributed by atoms with Crippen molar-refractivity contribution in [1.29, 1.82) is 0 Å². The Morgan fingerprint density at radius 3 is 2.23 bits per heavy atom. The molecule has 0 aromatic carbocycles. The van der Waals surface area contributed by atoms with Crippen molar-refractivity contribution in [3.63, 3.8) is 0 Å². The van der Waals surface area contributed by atoms with Crippen molar-refractivity contribution in [3.8, 4) is 0 Å². The molecule has 4 atom stereocenters. The van der Waals surface area contributed by atoms with Crippen LogP contribution in [0.2, 0.25) is 36.3 Å². The van der Waals surface area contributed by atoms with Crippen molar-refractivity contribution < 1.29 is 18.8 Å². The van der Waals surface area contributed by atoms with Gasteiger partial charge in [0, 0.05) is 12.3 Å². The summed E-state index contributed by atoms with van der Waals surface area (Å²) in [6, 6.07) is 0. The summed E-state index contributed by atoms with van der Waals surface area (Å²) >= 11 is 1.95. The summed E-state index contributed by atoms with van der Waals surface area (Å²) in [5, 5.41) is 9.28. The van der Waals surface area contributed by atoms with Crippen LogP contribution >= 0.6 is 11.8 Å². The second-order valence-electron chi connectivity index (χ2n) is 15.1. The topological polar surface area (TPSA) is 55.8 Å². The molecule has 0 spiro atoms. The molecule has 0 aliphatic heterocycles. The van der Waals surface area contributed by atoms with E-state index in [1.807, 2.05) is 11.8 Å². The van der Waals surface area contributed by atoms with Crippen molar-refractivity contribution in [3.05, 3.63) is 23.1 Å². The molecule has 0 saturated carbocycles. The Labute approximate surface area is 254 Å². The Kier molecular flexibility index (Phi) is 15.5. The van der Waals surface area contributed by atoms with Gasteiger partial charge in [-0.15, -0.1) is 11.8 Å². The Morgan fingerprint density at radius 2 is 1.68 bits per heavy atom. The minimum absolute atomic E-state index is 0.129. The maximum Gasteiger partial charge on any atom is 0.303 e. The third kappa shape index (κ3) is 12.9. The molecule has 0 unspecified atom stereocenters. The van der Waals surface area contributed by atoms with Gasteiger partial charge < -0.3 is 14.0 Å². The molecule has 0 heterocycles. The van der Waals surface area contributed by atoms with Crippen molar-refractivity contribution in [1.82, 2.24) is 0 Å². The highest BCUT2D eigenvalue weighted by Crippen LogP contribution is 2.44. The van der Waals surface area contributed by atoms with Gasteiger partial charge in [-0.3, -0.25) is 4.79 Å². The average Bonchev–Trinajstić information content (AvgIpc) is 3.16. The summed E-state index contributed by atoms with van der Waals surface area (Å²) in [4.78, 5) is 12.3. The average molecular weight is 613 g/mol. The minimum atomic E-state index is -1.92. The summed E-state index contributed by atoms with van der Waals surface area (Å²) in [7, 11) is -3.84. The van der Waals surface area contributed by atoms with Gasteiger partial charge >= 0.3 is 5.97 Å². The SMILES string of the molecule is CCCC[C@@H](C)C[C@@H](C=C[C@@H]1C(SCCCCCC(=O)O)=CC[C@H]1O[Si](C)(C)C(C)(C)C)O[Si](C)(C)C(C)(C)C. The van der Waals surface area contributed by atoms with Crippen LogP contribution in [-0.4, -0.2) is 45.7 Å². The molecule has 0 bridgehead atoms. The normalized spacial score (nSPS) is 20.6. The lowest BCUT2D eigenvalue weighted by Gasteiger charge is -2.40. The Hall–Kier alpha value is -0.346. The van der Waals surface area contributed by atoms with E-state index in [0.717, 1.165) is 37.9 Å². The van der Waals surface area contributed by atoms with E-state index in [9.17, 15) is 4.79 Å². The van der Waals surface area contributed by atoms with Gasteiger partial charge in [0.25, 0.3) is 0 Å². The van der Waals surface area contributed by atoms with E-state index in [0.29, 0.717) is 5.92 Å². The molecule has 1 aliphatic rings. The Morgan fingerprint density at radius 1 is 1.05 bits per heavy atom. The molecule has 0 aromatic heterocycles. The van der Waals surface area contributed by atoms with Crippen molar-refractivity contribution in [2.24, 2.45) is 11.8 Å². The Bertz CT molecular complexity index is 823. The summed E-state index contributed by atoms with van der Waals surface area (Å²) in [5.74, 6) is 1.23. The van der Waals surface area contributed by atoms with Crippen LogP contribution in [-0.2, 0) is 13.6 Å². The van der Waals surface area contributed by atoms with E-state index in [4.69, 9.17) is 14.0 Å². The quantitative estimate of drug-likeness (QED) is 0.0948. The molecule has 0 saturated heterocycles. The molecule has 0 fully saturated rings. The van der Waals surface area contributed by atoms with Gasteiger partial charge in [-0.2, -0.15) is 0 Å². The zero-order chi connectivity index (χ0) is 30.8. The predicted molar refractivity (Wildman–Crippen MR) is 181 cm³/mol. The molecule has 40 heavy (non-hydrogen) atoms. The molecular weight excluding hydrogens is 549 g/mol. The zero-order valence-corrected chi connectivity index (χ0v) is 31.0. The van der Waals surface area contributed by atoms with Crippen LogP contribution < -0.4 is 0 Å². The van der Waals surface area contributed by atoms with Gasteiger partial charge in [0.2, 0.25) is 0 Å². The number of unbranched alkanes of at least 4 members (excludes halogenated alkanes) is 3. The Balaban J connectivity index is 3.15. The number of hydrogen-bond donors (Lipinski definition) is 1. The first-order valence-electron chi connectivity index (χ1n) is 15.9. The third-order valence-corrected chi connectivity index (χ3v) is 19.6. The number of rotatable bonds is 18. The van der Waals surface area contributed by atoms with Gasteiger partial charge in [0.1, 0.15) is 0 Å². The third-order valence-electron chi connectivity index (χ3n) is 9.31. The lowest BCUT2D eigenvalue weighted by molar-refractivity contribution is -0.137. The van der Waals surface area contributed by atoms with Crippen LogP contribution in [0.15, 0.2) is 23.1 Å². The van der Waals surface area contributed by atoms with Crippen LogP contribution in [0.25, 0.3) is 0 Å². The van der Waals surface area contributed by atoms with Crippen LogP contribution in [0.3, 0.4) is 0 Å². The lowest BCUT2D eigenvalue weighted by Crippen LogP contribution is -2.45. The lowest BCUT2D eigenvalue weighted by atomic mass is 9.96. The smallest absolute Gasteiger partial charge is 0.303 e. The molecule has 7 heteroatoms. The second kappa shape index (κ2) is 16.5. The first kappa shape index (κ1) is 37.7. The number of hydrogen-bond acceptors (Lipinski definition) is 4. The molecule has 0 aromatic rings. The summed E-state index contributed by atoms with van der Waals surface area (Å²) in [6.45, 7) is 28.1. The molecule has 0 radical (unpaired) electrons. The summed E-state index contributed by atoms with van der Waals surface area (Å²) in [5.41, 5.74) is 0. The van der Waals surface area contributed by atoms with Crippen LogP contribution in [0.5, 0.6) is 0 Å². The molecule has 4 nitrogen and oxygen atoms in total. The predicted octanol–water partition coefficient (Wildman–Crippen LogP) is 10.8.